The molecule has 0 aliphatic heterocycles. The highest BCUT2D eigenvalue weighted by molar-refractivity contribution is 9.10. The zero-order chi connectivity index (χ0) is 10.1. The van der Waals surface area contributed by atoms with Gasteiger partial charge in [0.15, 0.2) is 4.98 Å². The summed E-state index contributed by atoms with van der Waals surface area (Å²) in [5.41, 5.74) is -0.988. The third-order valence-electron chi connectivity index (χ3n) is 1.37. The fourth-order valence-electron chi connectivity index (χ4n) is 0.793. The molecule has 0 saturated heterocycles. The molecule has 68 valence electrons. The van der Waals surface area contributed by atoms with Crippen LogP contribution in [-0.2, 0) is 6.18 Å². The van der Waals surface area contributed by atoms with Crippen LogP contribution < -0.4 is 0 Å². The van der Waals surface area contributed by atoms with Crippen LogP contribution in [0.1, 0.15) is 5.56 Å². The highest BCUT2D eigenvalue weighted by Crippen LogP contribution is 2.36. The molecule has 1 aromatic rings. The van der Waals surface area contributed by atoms with Gasteiger partial charge in [0.05, 0.1) is 5.56 Å². The van der Waals surface area contributed by atoms with Crippen molar-refractivity contribution >= 4 is 21.6 Å². The van der Waals surface area contributed by atoms with Gasteiger partial charge in [-0.1, -0.05) is 15.9 Å². The molecule has 0 saturated carbocycles. The molecular weight excluding hydrogens is 249 g/mol. The van der Waals surface area contributed by atoms with Gasteiger partial charge in [-0.05, 0) is 6.07 Å². The van der Waals surface area contributed by atoms with E-state index in [0.29, 0.717) is 0 Å². The minimum absolute atomic E-state index is 0.0765. The maximum Gasteiger partial charge on any atom is 0.417 e. The van der Waals surface area contributed by atoms with Gasteiger partial charge in [0, 0.05) is 16.6 Å². The van der Waals surface area contributed by atoms with Crippen LogP contribution in [0.3, 0.4) is 0 Å². The molecule has 0 amide bonds. The highest BCUT2D eigenvalue weighted by Gasteiger charge is 2.34. The van der Waals surface area contributed by atoms with E-state index in [-0.39, 0.29) is 10.2 Å². The Morgan fingerprint density at radius 1 is 1.31 bits per heavy atom. The van der Waals surface area contributed by atoms with Crippen LogP contribution in [0.15, 0.2) is 22.7 Å². The normalized spacial score (nSPS) is 11.0. The summed E-state index contributed by atoms with van der Waals surface area (Å²) in [5.74, 6) is 0. The third-order valence-corrected chi connectivity index (χ3v) is 2.06. The number of hydrogen-bond donors (Lipinski definition) is 0. The van der Waals surface area contributed by atoms with Crippen molar-refractivity contribution in [1.29, 1.82) is 5.39 Å². The smallest absolute Gasteiger partial charge is 0.166 e. The number of nitrogens with zero attached hydrogens (tertiary/aromatic N) is 2. The van der Waals surface area contributed by atoms with Crippen LogP contribution in [0.25, 0.3) is 4.98 Å². The summed E-state index contributed by atoms with van der Waals surface area (Å²) in [5, 5.41) is 8.26. The van der Waals surface area contributed by atoms with Gasteiger partial charge in [-0.15, -0.1) is 0 Å². The van der Waals surface area contributed by atoms with Gasteiger partial charge in [0.25, 0.3) is 0 Å². The lowest BCUT2D eigenvalue weighted by Crippen LogP contribution is -2.05. The molecule has 6 heteroatoms. The second-order valence-corrected chi connectivity index (χ2v) is 3.12. The van der Waals surface area contributed by atoms with Crippen LogP contribution >= 0.6 is 15.9 Å². The molecule has 0 atom stereocenters. The van der Waals surface area contributed by atoms with Crippen molar-refractivity contribution < 1.29 is 13.2 Å². The minimum Gasteiger partial charge on any atom is -0.166 e. The predicted octanol–water partition coefficient (Wildman–Crippen LogP) is 3.95. The lowest BCUT2D eigenvalue weighted by Gasteiger charge is -2.06. The fraction of sp³-hybridized carbons (Fsp3) is 0.143. The topological polar surface area (TPSA) is 28.1 Å². The maximum atomic E-state index is 12.2. The van der Waals surface area contributed by atoms with Gasteiger partial charge in [-0.3, -0.25) is 0 Å². The summed E-state index contributed by atoms with van der Waals surface area (Å²) >= 11 is 2.75. The Labute approximate surface area is 80.1 Å². The fourth-order valence-corrected chi connectivity index (χ4v) is 1.26. The van der Waals surface area contributed by atoms with E-state index in [2.05, 4.69) is 20.9 Å². The molecule has 0 radical (unpaired) electrons. The zero-order valence-corrected chi connectivity index (χ0v) is 7.72. The van der Waals surface area contributed by atoms with Crippen molar-refractivity contribution in [2.45, 2.75) is 6.18 Å². The average Bonchev–Trinajstić information content (AvgIpc) is 2.03. The number of halogens is 4. The van der Waals surface area contributed by atoms with E-state index in [1.54, 1.807) is 0 Å². The molecule has 1 aromatic carbocycles. The van der Waals surface area contributed by atoms with Crippen LogP contribution in [0.4, 0.5) is 18.9 Å². The summed E-state index contributed by atoms with van der Waals surface area (Å²) in [4.78, 5) is 2.66. The first-order valence-electron chi connectivity index (χ1n) is 3.17. The molecule has 0 bridgehead atoms. The second-order valence-electron chi connectivity index (χ2n) is 2.26. The van der Waals surface area contributed by atoms with E-state index in [1.807, 2.05) is 0 Å². The Bertz CT molecular complexity index is 367. The Kier molecular flexibility index (Phi) is 2.57. The monoisotopic (exact) mass is 251 g/mol. The largest absolute Gasteiger partial charge is 0.417 e. The molecule has 13 heavy (non-hydrogen) atoms. The summed E-state index contributed by atoms with van der Waals surface area (Å²) in [7, 11) is 0. The molecular formula is C7H3BrF3N2+. The van der Waals surface area contributed by atoms with Gasteiger partial charge in [-0.25, -0.2) is 0 Å². The van der Waals surface area contributed by atoms with Crippen molar-refractivity contribution in [1.82, 2.24) is 0 Å². The van der Waals surface area contributed by atoms with Crippen LogP contribution in [-0.4, -0.2) is 0 Å². The minimum atomic E-state index is -4.44. The maximum absolute atomic E-state index is 12.2. The first kappa shape index (κ1) is 9.99. The number of rotatable bonds is 0. The van der Waals surface area contributed by atoms with Gasteiger partial charge in [0.1, 0.15) is 0 Å². The van der Waals surface area contributed by atoms with Crippen molar-refractivity contribution in [3.05, 3.63) is 33.2 Å². The summed E-state index contributed by atoms with van der Waals surface area (Å²) in [6.45, 7) is 0. The summed E-state index contributed by atoms with van der Waals surface area (Å²) < 4.78 is 36.6. The molecule has 0 aliphatic carbocycles. The first-order valence-corrected chi connectivity index (χ1v) is 3.96. The molecule has 0 aliphatic rings. The molecule has 2 nitrogen and oxygen atoms in total. The molecule has 0 unspecified atom stereocenters. The van der Waals surface area contributed by atoms with Crippen molar-refractivity contribution in [3.8, 4) is 0 Å². The molecule has 0 aromatic heterocycles. The molecule has 0 N–H and O–H groups in total. The van der Waals surface area contributed by atoms with Crippen molar-refractivity contribution in [3.63, 3.8) is 0 Å². The van der Waals surface area contributed by atoms with E-state index in [0.717, 1.165) is 6.07 Å². The first-order chi connectivity index (χ1) is 5.95. The molecule has 0 heterocycles. The number of benzene rings is 1. The highest BCUT2D eigenvalue weighted by atomic mass is 79.9. The van der Waals surface area contributed by atoms with Gasteiger partial charge < -0.3 is 0 Å². The molecule has 0 fully saturated rings. The van der Waals surface area contributed by atoms with Gasteiger partial charge in [0.2, 0.25) is 5.39 Å². The average molecular weight is 252 g/mol. The van der Waals surface area contributed by atoms with Crippen LogP contribution in [0, 0.1) is 5.39 Å². The van der Waals surface area contributed by atoms with E-state index < -0.39 is 11.7 Å². The van der Waals surface area contributed by atoms with E-state index in [4.69, 9.17) is 5.39 Å². The van der Waals surface area contributed by atoms with E-state index >= 15 is 0 Å². The summed E-state index contributed by atoms with van der Waals surface area (Å²) in [6.07, 6.45) is -4.44. The van der Waals surface area contributed by atoms with Crippen molar-refractivity contribution in [2.24, 2.45) is 0 Å². The SMILES string of the molecule is N#[N+]c1ccc(Br)c(C(F)(F)F)c1. The number of alkyl halides is 3. The predicted molar refractivity (Wildman–Crippen MR) is 43.9 cm³/mol. The number of hydrogen-bond acceptors (Lipinski definition) is 1. The van der Waals surface area contributed by atoms with E-state index in [1.165, 1.54) is 12.1 Å². The van der Waals surface area contributed by atoms with Crippen molar-refractivity contribution in [2.75, 3.05) is 0 Å². The van der Waals surface area contributed by atoms with Crippen LogP contribution in [0.2, 0.25) is 0 Å². The Hall–Kier alpha value is -1.09. The second kappa shape index (κ2) is 3.34. The van der Waals surface area contributed by atoms with E-state index in [9.17, 15) is 13.2 Å². The third kappa shape index (κ3) is 2.18. The zero-order valence-electron chi connectivity index (χ0n) is 6.14. The quantitative estimate of drug-likeness (QED) is 0.642. The lowest BCUT2D eigenvalue weighted by molar-refractivity contribution is -0.138. The Morgan fingerprint density at radius 2 is 1.92 bits per heavy atom. The lowest BCUT2D eigenvalue weighted by atomic mass is 10.2. The van der Waals surface area contributed by atoms with Crippen LogP contribution in [0.5, 0.6) is 0 Å². The van der Waals surface area contributed by atoms with Gasteiger partial charge in [-0.2, -0.15) is 13.2 Å². The van der Waals surface area contributed by atoms with Gasteiger partial charge >= 0.3 is 11.9 Å². The number of diazo groups is 1. The molecule has 1 rings (SSSR count). The molecule has 0 spiro atoms. The summed E-state index contributed by atoms with van der Waals surface area (Å²) in [6, 6.07) is 3.20. The Morgan fingerprint density at radius 3 is 2.38 bits per heavy atom. The standard InChI is InChI=1S/C7H3BrF3N2/c8-6-2-1-4(13-12)3-5(6)7(9,10)11/h1-3H/q+1. The Balaban J connectivity index is 3.29.